The highest BCUT2D eigenvalue weighted by atomic mass is 19.1. The smallest absolute Gasteiger partial charge is 0.191 e. The number of nitrogens with zero attached hydrogens (tertiary/aromatic N) is 2. The normalized spacial score (nSPS) is 11.9. The predicted molar refractivity (Wildman–Crippen MR) is 104 cm³/mol. The minimum atomic E-state index is -0.262. The maximum Gasteiger partial charge on any atom is 0.191 e. The van der Waals surface area contributed by atoms with Gasteiger partial charge in [-0.3, -0.25) is 4.99 Å². The Morgan fingerprint density at radius 2 is 1.96 bits per heavy atom. The molecule has 1 aromatic carbocycles. The second-order valence-electron chi connectivity index (χ2n) is 6.37. The number of aromatic nitrogens is 1. The Bertz CT molecular complexity index is 741. The lowest BCUT2D eigenvalue weighted by atomic mass is 9.99. The summed E-state index contributed by atoms with van der Waals surface area (Å²) in [5.41, 5.74) is 2.48. The zero-order valence-electron chi connectivity index (χ0n) is 16.5. The summed E-state index contributed by atoms with van der Waals surface area (Å²) in [6, 6.07) is 6.98. The van der Waals surface area contributed by atoms with Gasteiger partial charge in [0.2, 0.25) is 0 Å². The molecule has 0 aliphatic heterocycles. The number of methoxy groups -OCH3 is 1. The van der Waals surface area contributed by atoms with Crippen LogP contribution < -0.4 is 10.6 Å². The maximum absolute atomic E-state index is 13.7. The second kappa shape index (κ2) is 10.7. The first kappa shape index (κ1) is 20.9. The van der Waals surface area contributed by atoms with Crippen LogP contribution in [-0.2, 0) is 24.4 Å². The summed E-state index contributed by atoms with van der Waals surface area (Å²) < 4.78 is 24.1. The number of ether oxygens (including phenoxy) is 1. The van der Waals surface area contributed by atoms with E-state index in [0.29, 0.717) is 30.5 Å². The standard InChI is InChI=1S/C20H29FN4O2/c1-5-15(6-2)19-10-17(27-25-19)12-24-20(22-3)23-11-14-7-8-18(21)16(9-14)13-26-4/h7-10,15H,5-6,11-13H2,1-4H3,(H2,22,23,24). The van der Waals surface area contributed by atoms with Crippen molar-refractivity contribution < 1.29 is 13.7 Å². The molecule has 1 heterocycles. The van der Waals surface area contributed by atoms with Gasteiger partial charge in [-0.05, 0) is 30.5 Å². The van der Waals surface area contributed by atoms with Crippen molar-refractivity contribution in [1.82, 2.24) is 15.8 Å². The number of hydrogen-bond acceptors (Lipinski definition) is 4. The van der Waals surface area contributed by atoms with E-state index >= 15 is 0 Å². The molecule has 27 heavy (non-hydrogen) atoms. The number of guanidine groups is 1. The van der Waals surface area contributed by atoms with Crippen LogP contribution in [0.4, 0.5) is 4.39 Å². The van der Waals surface area contributed by atoms with E-state index in [0.717, 1.165) is 29.9 Å². The highest BCUT2D eigenvalue weighted by Gasteiger charge is 2.13. The Morgan fingerprint density at radius 3 is 2.63 bits per heavy atom. The molecule has 148 valence electrons. The van der Waals surface area contributed by atoms with Crippen molar-refractivity contribution >= 4 is 5.96 Å². The van der Waals surface area contributed by atoms with Gasteiger partial charge in [-0.1, -0.05) is 25.1 Å². The third kappa shape index (κ3) is 6.06. The van der Waals surface area contributed by atoms with E-state index in [4.69, 9.17) is 9.26 Å². The van der Waals surface area contributed by atoms with Crippen LogP contribution in [0.25, 0.3) is 0 Å². The molecule has 0 aliphatic rings. The van der Waals surface area contributed by atoms with Crippen molar-refractivity contribution in [2.45, 2.75) is 52.3 Å². The molecule has 6 nitrogen and oxygen atoms in total. The number of halogens is 1. The van der Waals surface area contributed by atoms with Crippen LogP contribution >= 0.6 is 0 Å². The summed E-state index contributed by atoms with van der Waals surface area (Å²) in [5, 5.41) is 10.6. The molecule has 0 spiro atoms. The molecule has 0 radical (unpaired) electrons. The van der Waals surface area contributed by atoms with Crippen LogP contribution in [0.5, 0.6) is 0 Å². The third-order valence-electron chi connectivity index (χ3n) is 4.50. The van der Waals surface area contributed by atoms with Crippen molar-refractivity contribution in [2.24, 2.45) is 4.99 Å². The molecule has 2 rings (SSSR count). The molecule has 0 saturated heterocycles. The van der Waals surface area contributed by atoms with Crippen LogP contribution in [0.3, 0.4) is 0 Å². The van der Waals surface area contributed by atoms with Crippen molar-refractivity contribution in [2.75, 3.05) is 14.2 Å². The molecular formula is C20H29FN4O2. The first-order chi connectivity index (χ1) is 13.1. The Balaban J connectivity index is 1.88. The number of nitrogens with one attached hydrogen (secondary N) is 2. The number of rotatable bonds is 9. The van der Waals surface area contributed by atoms with Crippen molar-refractivity contribution in [3.05, 3.63) is 52.7 Å². The van der Waals surface area contributed by atoms with E-state index in [-0.39, 0.29) is 12.4 Å². The fourth-order valence-corrected chi connectivity index (χ4v) is 2.89. The van der Waals surface area contributed by atoms with Gasteiger partial charge in [-0.25, -0.2) is 4.39 Å². The molecule has 0 fully saturated rings. The molecule has 7 heteroatoms. The number of hydrogen-bond donors (Lipinski definition) is 2. The molecule has 0 aliphatic carbocycles. The van der Waals surface area contributed by atoms with E-state index in [2.05, 4.69) is 34.6 Å². The average Bonchev–Trinajstić information content (AvgIpc) is 3.14. The summed E-state index contributed by atoms with van der Waals surface area (Å²) in [6.07, 6.45) is 2.09. The van der Waals surface area contributed by atoms with E-state index in [1.165, 1.54) is 6.07 Å². The van der Waals surface area contributed by atoms with Crippen LogP contribution in [0.2, 0.25) is 0 Å². The maximum atomic E-state index is 13.7. The summed E-state index contributed by atoms with van der Waals surface area (Å²) in [4.78, 5) is 4.20. The lowest BCUT2D eigenvalue weighted by molar-refractivity contribution is 0.181. The highest BCUT2D eigenvalue weighted by molar-refractivity contribution is 5.79. The Hall–Kier alpha value is -2.41. The minimum absolute atomic E-state index is 0.247. The first-order valence-electron chi connectivity index (χ1n) is 9.27. The van der Waals surface area contributed by atoms with E-state index in [9.17, 15) is 4.39 Å². The largest absolute Gasteiger partial charge is 0.380 e. The van der Waals surface area contributed by atoms with Gasteiger partial charge >= 0.3 is 0 Å². The zero-order valence-corrected chi connectivity index (χ0v) is 16.5. The van der Waals surface area contributed by atoms with Crippen LogP contribution in [0, 0.1) is 5.82 Å². The van der Waals surface area contributed by atoms with Gasteiger partial charge in [0.15, 0.2) is 11.7 Å². The Morgan fingerprint density at radius 1 is 1.22 bits per heavy atom. The summed E-state index contributed by atoms with van der Waals surface area (Å²) in [5.74, 6) is 1.57. The number of aliphatic imine (C=N–C) groups is 1. The molecule has 0 bridgehead atoms. The number of benzene rings is 1. The van der Waals surface area contributed by atoms with Crippen molar-refractivity contribution in [1.29, 1.82) is 0 Å². The molecule has 1 aromatic heterocycles. The zero-order chi connectivity index (χ0) is 19.6. The predicted octanol–water partition coefficient (Wildman–Crippen LogP) is 3.73. The quantitative estimate of drug-likeness (QED) is 0.515. The molecular weight excluding hydrogens is 347 g/mol. The van der Waals surface area contributed by atoms with Crippen LogP contribution in [0.1, 0.15) is 55.2 Å². The molecule has 2 aromatic rings. The lowest BCUT2D eigenvalue weighted by Gasteiger charge is -2.12. The summed E-state index contributed by atoms with van der Waals surface area (Å²) >= 11 is 0. The van der Waals surface area contributed by atoms with Gasteiger partial charge < -0.3 is 19.9 Å². The van der Waals surface area contributed by atoms with Crippen molar-refractivity contribution in [3.63, 3.8) is 0 Å². The van der Waals surface area contributed by atoms with Gasteiger partial charge in [0, 0.05) is 38.2 Å². The fourth-order valence-electron chi connectivity index (χ4n) is 2.89. The second-order valence-corrected chi connectivity index (χ2v) is 6.37. The first-order valence-corrected chi connectivity index (χ1v) is 9.27. The monoisotopic (exact) mass is 376 g/mol. The summed E-state index contributed by atoms with van der Waals surface area (Å²) in [6.45, 7) is 5.56. The third-order valence-corrected chi connectivity index (χ3v) is 4.50. The Labute approximate surface area is 160 Å². The van der Waals surface area contributed by atoms with E-state index < -0.39 is 0 Å². The van der Waals surface area contributed by atoms with Gasteiger partial charge in [0.25, 0.3) is 0 Å². The van der Waals surface area contributed by atoms with Crippen molar-refractivity contribution in [3.8, 4) is 0 Å². The topological polar surface area (TPSA) is 71.7 Å². The van der Waals surface area contributed by atoms with Crippen LogP contribution in [-0.4, -0.2) is 25.3 Å². The van der Waals surface area contributed by atoms with E-state index in [1.54, 1.807) is 26.3 Å². The summed E-state index contributed by atoms with van der Waals surface area (Å²) in [7, 11) is 3.25. The lowest BCUT2D eigenvalue weighted by Crippen LogP contribution is -2.36. The van der Waals surface area contributed by atoms with Gasteiger partial charge in [-0.15, -0.1) is 0 Å². The minimum Gasteiger partial charge on any atom is -0.380 e. The van der Waals surface area contributed by atoms with Gasteiger partial charge in [0.05, 0.1) is 18.8 Å². The highest BCUT2D eigenvalue weighted by Crippen LogP contribution is 2.22. The SMILES string of the molecule is CCC(CC)c1cc(CNC(=NC)NCc2ccc(F)c(COC)c2)on1. The molecule has 2 N–H and O–H groups in total. The average molecular weight is 376 g/mol. The van der Waals surface area contributed by atoms with Gasteiger partial charge in [-0.2, -0.15) is 0 Å². The molecule has 0 atom stereocenters. The molecule has 0 unspecified atom stereocenters. The van der Waals surface area contributed by atoms with Crippen LogP contribution in [0.15, 0.2) is 33.8 Å². The molecule has 0 amide bonds. The molecule has 0 saturated carbocycles. The Kier molecular flexibility index (Phi) is 8.26. The van der Waals surface area contributed by atoms with Gasteiger partial charge in [0.1, 0.15) is 5.82 Å². The van der Waals surface area contributed by atoms with E-state index in [1.807, 2.05) is 6.07 Å². The fraction of sp³-hybridized carbons (Fsp3) is 0.500.